The van der Waals surface area contributed by atoms with Crippen molar-refractivity contribution < 1.29 is 5.11 Å². The Bertz CT molecular complexity index is 777. The lowest BCUT2D eigenvalue weighted by molar-refractivity contribution is -0.168. The predicted molar refractivity (Wildman–Crippen MR) is 131 cm³/mol. The summed E-state index contributed by atoms with van der Waals surface area (Å²) < 4.78 is 0. The van der Waals surface area contributed by atoms with E-state index in [0.717, 1.165) is 30.1 Å². The van der Waals surface area contributed by atoms with E-state index in [2.05, 4.69) is 61.5 Å². The van der Waals surface area contributed by atoms with E-state index in [9.17, 15) is 5.11 Å². The molecule has 0 heterocycles. The minimum atomic E-state index is -0.132. The van der Waals surface area contributed by atoms with Crippen LogP contribution < -0.4 is 0 Å². The molecule has 0 aliphatic heterocycles. The van der Waals surface area contributed by atoms with Gasteiger partial charge in [0.15, 0.2) is 0 Å². The summed E-state index contributed by atoms with van der Waals surface area (Å²) in [5, 5.41) is 10.9. The summed E-state index contributed by atoms with van der Waals surface area (Å²) >= 11 is 0. The molecule has 0 spiro atoms. The molecule has 9 atom stereocenters. The third kappa shape index (κ3) is 2.65. The monoisotopic (exact) mass is 426 g/mol. The van der Waals surface area contributed by atoms with Crippen molar-refractivity contribution in [3.63, 3.8) is 0 Å². The first-order valence-corrected chi connectivity index (χ1v) is 13.7. The summed E-state index contributed by atoms with van der Waals surface area (Å²) in [5.74, 6) is 3.98. The van der Waals surface area contributed by atoms with Crippen molar-refractivity contribution in [2.75, 3.05) is 0 Å². The first-order valence-electron chi connectivity index (χ1n) is 13.7. The fourth-order valence-electron chi connectivity index (χ4n) is 11.0. The van der Waals surface area contributed by atoms with Crippen LogP contribution in [0.1, 0.15) is 113 Å². The van der Waals surface area contributed by atoms with Crippen molar-refractivity contribution in [3.8, 4) is 0 Å². The van der Waals surface area contributed by atoms with Gasteiger partial charge >= 0.3 is 0 Å². The van der Waals surface area contributed by atoms with Crippen LogP contribution in [0, 0.1) is 56.7 Å². The molecular formula is C30H50O. The van der Waals surface area contributed by atoms with Gasteiger partial charge in [-0.3, -0.25) is 0 Å². The van der Waals surface area contributed by atoms with Gasteiger partial charge in [-0.2, -0.15) is 0 Å². The minimum Gasteiger partial charge on any atom is -0.393 e. The van der Waals surface area contributed by atoms with Gasteiger partial charge in [0.05, 0.1) is 6.10 Å². The number of hydrogen-bond acceptors (Lipinski definition) is 1. The number of aliphatic hydroxyl groups is 1. The summed E-state index contributed by atoms with van der Waals surface area (Å²) in [7, 11) is 0. The third-order valence-electron chi connectivity index (χ3n) is 13.0. The van der Waals surface area contributed by atoms with Crippen molar-refractivity contribution in [2.24, 2.45) is 56.7 Å². The molecule has 1 N–H and O–H groups in total. The Morgan fingerprint density at radius 3 is 2.23 bits per heavy atom. The highest BCUT2D eigenvalue weighted by Gasteiger charge is 2.68. The van der Waals surface area contributed by atoms with Crippen LogP contribution in [-0.4, -0.2) is 11.2 Å². The van der Waals surface area contributed by atoms with Crippen molar-refractivity contribution in [2.45, 2.75) is 119 Å². The van der Waals surface area contributed by atoms with E-state index in [-0.39, 0.29) is 11.5 Å². The average molecular weight is 427 g/mol. The van der Waals surface area contributed by atoms with Crippen LogP contribution >= 0.6 is 0 Å². The van der Waals surface area contributed by atoms with Gasteiger partial charge in [0, 0.05) is 0 Å². The largest absolute Gasteiger partial charge is 0.393 e. The zero-order chi connectivity index (χ0) is 22.6. The molecule has 0 aromatic rings. The van der Waals surface area contributed by atoms with Gasteiger partial charge in [0.25, 0.3) is 0 Å². The zero-order valence-electron chi connectivity index (χ0n) is 21.9. The molecule has 0 aromatic carbocycles. The first kappa shape index (κ1) is 22.5. The fraction of sp³-hybridized carbons (Fsp3) is 0.933. The van der Waals surface area contributed by atoms with Crippen molar-refractivity contribution >= 4 is 0 Å². The molecule has 0 saturated heterocycles. The molecule has 176 valence electrons. The predicted octanol–water partition coefficient (Wildman–Crippen LogP) is 8.02. The molecule has 0 aromatic heterocycles. The average Bonchev–Trinajstić information content (AvgIpc) is 3.06. The number of fused-ring (bicyclic) bond motifs is 7. The second kappa shape index (κ2) is 6.64. The summed E-state index contributed by atoms with van der Waals surface area (Å²) in [5.41, 5.74) is 3.60. The molecule has 31 heavy (non-hydrogen) atoms. The Kier molecular flexibility index (Phi) is 4.82. The molecule has 1 nitrogen and oxygen atoms in total. The molecule has 1 unspecified atom stereocenters. The number of hydrogen-bond donors (Lipinski definition) is 1. The number of rotatable bonds is 1. The van der Waals surface area contributed by atoms with Crippen LogP contribution in [0.5, 0.6) is 0 Å². The third-order valence-corrected chi connectivity index (χ3v) is 13.0. The smallest absolute Gasteiger partial charge is 0.0594 e. The summed E-state index contributed by atoms with van der Waals surface area (Å²) in [6, 6.07) is 0. The van der Waals surface area contributed by atoms with E-state index < -0.39 is 0 Å². The van der Waals surface area contributed by atoms with Crippen LogP contribution in [0.4, 0.5) is 0 Å². The van der Waals surface area contributed by atoms with Crippen molar-refractivity contribution in [1.29, 1.82) is 0 Å². The van der Waals surface area contributed by atoms with E-state index in [1.165, 1.54) is 51.4 Å². The molecule has 4 saturated carbocycles. The molecule has 1 heteroatoms. The van der Waals surface area contributed by atoms with Gasteiger partial charge < -0.3 is 5.11 Å². The maximum absolute atomic E-state index is 10.9. The summed E-state index contributed by atoms with van der Waals surface area (Å²) in [6.07, 6.45) is 14.6. The van der Waals surface area contributed by atoms with Crippen LogP contribution in [0.3, 0.4) is 0 Å². The minimum absolute atomic E-state index is 0.0415. The van der Waals surface area contributed by atoms with E-state index in [1.54, 1.807) is 0 Å². The second-order valence-electron chi connectivity index (χ2n) is 14.8. The lowest BCUT2D eigenvalue weighted by Gasteiger charge is -2.69. The van der Waals surface area contributed by atoms with Crippen molar-refractivity contribution in [1.82, 2.24) is 0 Å². The molecular weight excluding hydrogens is 376 g/mol. The van der Waals surface area contributed by atoms with Crippen LogP contribution in [0.2, 0.25) is 0 Å². The summed E-state index contributed by atoms with van der Waals surface area (Å²) in [6.45, 7) is 20.4. The lowest BCUT2D eigenvalue weighted by atomic mass is 9.35. The first-order chi connectivity index (χ1) is 14.3. The lowest BCUT2D eigenvalue weighted by Crippen LogP contribution is -2.62. The quantitative estimate of drug-likeness (QED) is 0.421. The molecule has 4 fully saturated rings. The highest BCUT2D eigenvalue weighted by molar-refractivity contribution is 5.33. The zero-order valence-corrected chi connectivity index (χ0v) is 21.9. The number of allylic oxidation sites excluding steroid dienone is 2. The van der Waals surface area contributed by atoms with E-state index in [0.29, 0.717) is 27.6 Å². The SMILES string of the molecule is CC(C)[C@@H]1CC[C@@]2(C)CC[C@@]3(C)[C@@H]4CC[C@H]5C(C)(C)[C@@H](O)CC[C@]5(C)C4=CC[C@]3(C)C12. The Morgan fingerprint density at radius 1 is 0.839 bits per heavy atom. The van der Waals surface area contributed by atoms with Crippen LogP contribution in [0.15, 0.2) is 11.6 Å². The van der Waals surface area contributed by atoms with Gasteiger partial charge in [-0.15, -0.1) is 0 Å². The van der Waals surface area contributed by atoms with Gasteiger partial charge in [-0.1, -0.05) is 67.0 Å². The Balaban J connectivity index is 1.59. The highest BCUT2D eigenvalue weighted by Crippen LogP contribution is 2.76. The standard InChI is InChI=1S/C30H50O/c1-19(2)20-11-14-27(5)17-18-29(7)22-9-10-23-26(3,4)24(31)13-15-28(23,6)21(22)12-16-30(29,8)25(20)27/h12,19-20,22-25,31H,9-11,13-18H2,1-8H3/t20-,22+,23-,24-,25?,27-,28+,29-,30+/m0/s1. The normalized spacial score (nSPS) is 55.7. The number of aliphatic hydroxyl groups excluding tert-OH is 1. The van der Waals surface area contributed by atoms with Gasteiger partial charge in [-0.25, -0.2) is 0 Å². The molecule has 0 bridgehead atoms. The van der Waals surface area contributed by atoms with Gasteiger partial charge in [-0.05, 0) is 114 Å². The maximum atomic E-state index is 10.9. The van der Waals surface area contributed by atoms with E-state index >= 15 is 0 Å². The maximum Gasteiger partial charge on any atom is 0.0594 e. The topological polar surface area (TPSA) is 20.2 Å². The van der Waals surface area contributed by atoms with E-state index in [1.807, 2.05) is 5.57 Å². The fourth-order valence-corrected chi connectivity index (χ4v) is 11.0. The van der Waals surface area contributed by atoms with Crippen LogP contribution in [0.25, 0.3) is 0 Å². The van der Waals surface area contributed by atoms with Crippen molar-refractivity contribution in [3.05, 3.63) is 11.6 Å². The summed E-state index contributed by atoms with van der Waals surface area (Å²) in [4.78, 5) is 0. The molecule has 5 aliphatic rings. The van der Waals surface area contributed by atoms with Gasteiger partial charge in [0.1, 0.15) is 0 Å². The van der Waals surface area contributed by atoms with E-state index in [4.69, 9.17) is 0 Å². The molecule has 5 rings (SSSR count). The Morgan fingerprint density at radius 2 is 1.55 bits per heavy atom. The molecule has 0 amide bonds. The molecule has 5 aliphatic carbocycles. The second-order valence-corrected chi connectivity index (χ2v) is 14.8. The Hall–Kier alpha value is -0.300. The Labute approximate surface area is 192 Å². The highest BCUT2D eigenvalue weighted by atomic mass is 16.3. The van der Waals surface area contributed by atoms with Gasteiger partial charge in [0.2, 0.25) is 0 Å². The van der Waals surface area contributed by atoms with Crippen LogP contribution in [-0.2, 0) is 0 Å². The molecule has 0 radical (unpaired) electrons.